The number of nitrogens with one attached hydrogen (secondary N) is 1. The van der Waals surface area contributed by atoms with E-state index < -0.39 is 0 Å². The van der Waals surface area contributed by atoms with Gasteiger partial charge in [0.25, 0.3) is 0 Å². The summed E-state index contributed by atoms with van der Waals surface area (Å²) in [4.78, 5) is 14.4. The molecular weight excluding hydrogens is 267 g/mol. The summed E-state index contributed by atoms with van der Waals surface area (Å²) in [7, 11) is 0. The van der Waals surface area contributed by atoms with E-state index in [1.165, 1.54) is 12.5 Å². The summed E-state index contributed by atoms with van der Waals surface area (Å²) in [6.07, 6.45) is 4.84. The topological polar surface area (TPSA) is 32.3 Å². The van der Waals surface area contributed by atoms with Gasteiger partial charge in [0.2, 0.25) is 5.91 Å². The SMILES string of the molecule is O=C(CCC1CCNC1)N(Cc1ccccc1F)C1CC1. The van der Waals surface area contributed by atoms with Gasteiger partial charge in [-0.25, -0.2) is 4.39 Å². The molecule has 3 nitrogen and oxygen atoms in total. The van der Waals surface area contributed by atoms with Gasteiger partial charge in [-0.15, -0.1) is 0 Å². The van der Waals surface area contributed by atoms with Crippen molar-refractivity contribution < 1.29 is 9.18 Å². The molecule has 1 amide bonds. The maximum absolute atomic E-state index is 13.8. The predicted octanol–water partition coefficient (Wildman–Crippen LogP) is 2.71. The van der Waals surface area contributed by atoms with Crippen molar-refractivity contribution in [3.8, 4) is 0 Å². The number of benzene rings is 1. The summed E-state index contributed by atoms with van der Waals surface area (Å²) in [6.45, 7) is 2.52. The Hall–Kier alpha value is -1.42. The monoisotopic (exact) mass is 290 g/mol. The molecule has 1 saturated heterocycles. The number of hydrogen-bond donors (Lipinski definition) is 1. The summed E-state index contributed by atoms with van der Waals surface area (Å²) < 4.78 is 13.8. The van der Waals surface area contributed by atoms with Crippen molar-refractivity contribution in [3.63, 3.8) is 0 Å². The summed E-state index contributed by atoms with van der Waals surface area (Å²) >= 11 is 0. The molecule has 0 bridgehead atoms. The number of carbonyl (C=O) groups excluding carboxylic acids is 1. The number of carbonyl (C=O) groups is 1. The quantitative estimate of drug-likeness (QED) is 0.873. The fraction of sp³-hybridized carbons (Fsp3) is 0.588. The van der Waals surface area contributed by atoms with Gasteiger partial charge < -0.3 is 10.2 Å². The number of nitrogens with zero attached hydrogens (tertiary/aromatic N) is 1. The van der Waals surface area contributed by atoms with Crippen LogP contribution in [0.1, 0.15) is 37.7 Å². The van der Waals surface area contributed by atoms with Gasteiger partial charge in [-0.2, -0.15) is 0 Å². The van der Waals surface area contributed by atoms with E-state index in [2.05, 4.69) is 5.32 Å². The minimum absolute atomic E-state index is 0.188. The molecule has 2 fully saturated rings. The van der Waals surface area contributed by atoms with Gasteiger partial charge in [0.15, 0.2) is 0 Å². The van der Waals surface area contributed by atoms with Gasteiger partial charge in [0.1, 0.15) is 5.82 Å². The Labute approximate surface area is 125 Å². The highest BCUT2D eigenvalue weighted by molar-refractivity contribution is 5.76. The van der Waals surface area contributed by atoms with Gasteiger partial charge in [0.05, 0.1) is 0 Å². The zero-order valence-corrected chi connectivity index (χ0v) is 12.4. The molecule has 114 valence electrons. The summed E-state index contributed by atoms with van der Waals surface area (Å²) in [5.41, 5.74) is 0.625. The first kappa shape index (κ1) is 14.5. The molecule has 1 aromatic rings. The minimum Gasteiger partial charge on any atom is -0.335 e. The third-order valence-electron chi connectivity index (χ3n) is 4.54. The van der Waals surface area contributed by atoms with E-state index in [-0.39, 0.29) is 11.7 Å². The zero-order valence-electron chi connectivity index (χ0n) is 12.4. The second-order valence-electron chi connectivity index (χ2n) is 6.24. The summed E-state index contributed by atoms with van der Waals surface area (Å²) in [6, 6.07) is 7.10. The Morgan fingerprint density at radius 3 is 2.76 bits per heavy atom. The summed E-state index contributed by atoms with van der Waals surface area (Å²) in [5, 5.41) is 3.33. The molecule has 0 spiro atoms. The molecule has 1 aliphatic heterocycles. The molecular formula is C17H23FN2O. The average Bonchev–Trinajstić information content (AvgIpc) is 3.19. The largest absolute Gasteiger partial charge is 0.335 e. The van der Waals surface area contributed by atoms with Gasteiger partial charge in [-0.1, -0.05) is 18.2 Å². The standard InChI is InChI=1S/C17H23FN2O/c18-16-4-2-1-3-14(16)12-20(15-6-7-15)17(21)8-5-13-9-10-19-11-13/h1-4,13,15,19H,5-12H2. The van der Waals surface area contributed by atoms with E-state index >= 15 is 0 Å². The zero-order chi connectivity index (χ0) is 14.7. The van der Waals surface area contributed by atoms with Crippen LogP contribution in [-0.2, 0) is 11.3 Å². The molecule has 1 heterocycles. The number of rotatable bonds is 6. The highest BCUT2D eigenvalue weighted by Crippen LogP contribution is 2.30. The number of hydrogen-bond acceptors (Lipinski definition) is 2. The molecule has 1 atom stereocenters. The van der Waals surface area contributed by atoms with Crippen molar-refractivity contribution in [1.82, 2.24) is 10.2 Å². The highest BCUT2D eigenvalue weighted by atomic mass is 19.1. The normalized spacial score (nSPS) is 21.5. The van der Waals surface area contributed by atoms with Gasteiger partial charge in [-0.05, 0) is 50.8 Å². The molecule has 1 saturated carbocycles. The van der Waals surface area contributed by atoms with Crippen molar-refractivity contribution in [1.29, 1.82) is 0 Å². The molecule has 3 rings (SSSR count). The van der Waals surface area contributed by atoms with Crippen LogP contribution in [-0.4, -0.2) is 29.9 Å². The molecule has 1 aromatic carbocycles. The van der Waals surface area contributed by atoms with Crippen LogP contribution in [0.5, 0.6) is 0 Å². The Bertz CT molecular complexity index is 495. The van der Waals surface area contributed by atoms with Crippen molar-refractivity contribution in [2.24, 2.45) is 5.92 Å². The van der Waals surface area contributed by atoms with E-state index in [1.54, 1.807) is 12.1 Å². The lowest BCUT2D eigenvalue weighted by molar-refractivity contribution is -0.132. The summed E-state index contributed by atoms with van der Waals surface area (Å²) in [5.74, 6) is 0.604. The lowest BCUT2D eigenvalue weighted by Gasteiger charge is -2.23. The smallest absolute Gasteiger partial charge is 0.223 e. The van der Waals surface area contributed by atoms with Crippen LogP contribution >= 0.6 is 0 Å². The van der Waals surface area contributed by atoms with E-state index in [0.29, 0.717) is 30.5 Å². The second-order valence-corrected chi connectivity index (χ2v) is 6.24. The van der Waals surface area contributed by atoms with Gasteiger partial charge >= 0.3 is 0 Å². The lowest BCUT2D eigenvalue weighted by atomic mass is 10.0. The maximum Gasteiger partial charge on any atom is 0.223 e. The average molecular weight is 290 g/mol. The third kappa shape index (κ3) is 3.82. The van der Waals surface area contributed by atoms with Crippen LogP contribution in [0.15, 0.2) is 24.3 Å². The van der Waals surface area contributed by atoms with E-state index in [1.807, 2.05) is 11.0 Å². The Morgan fingerprint density at radius 2 is 2.10 bits per heavy atom. The molecule has 2 aliphatic rings. The van der Waals surface area contributed by atoms with E-state index in [4.69, 9.17) is 0 Å². The second kappa shape index (κ2) is 6.56. The maximum atomic E-state index is 13.8. The third-order valence-corrected chi connectivity index (χ3v) is 4.54. The fourth-order valence-corrected chi connectivity index (χ4v) is 3.05. The van der Waals surface area contributed by atoms with Crippen LogP contribution in [0.2, 0.25) is 0 Å². The molecule has 1 N–H and O–H groups in total. The van der Waals surface area contributed by atoms with Crippen LogP contribution in [0.4, 0.5) is 4.39 Å². The molecule has 0 aromatic heterocycles. The number of halogens is 1. The molecule has 1 unspecified atom stereocenters. The molecule has 0 radical (unpaired) electrons. The molecule has 4 heteroatoms. The molecule has 21 heavy (non-hydrogen) atoms. The highest BCUT2D eigenvalue weighted by Gasteiger charge is 2.33. The number of amides is 1. The first-order valence-corrected chi connectivity index (χ1v) is 7.97. The Kier molecular flexibility index (Phi) is 4.54. The van der Waals surface area contributed by atoms with Crippen LogP contribution < -0.4 is 5.32 Å². The van der Waals surface area contributed by atoms with Gasteiger partial charge in [-0.3, -0.25) is 4.79 Å². The van der Waals surface area contributed by atoms with Crippen molar-refractivity contribution in [3.05, 3.63) is 35.6 Å². The van der Waals surface area contributed by atoms with E-state index in [9.17, 15) is 9.18 Å². The van der Waals surface area contributed by atoms with Crippen LogP contribution in [0.3, 0.4) is 0 Å². The Morgan fingerprint density at radius 1 is 1.29 bits per heavy atom. The van der Waals surface area contributed by atoms with Crippen molar-refractivity contribution >= 4 is 5.91 Å². The van der Waals surface area contributed by atoms with E-state index in [0.717, 1.165) is 32.4 Å². The Balaban J connectivity index is 1.58. The lowest BCUT2D eigenvalue weighted by Crippen LogP contribution is -2.33. The fourth-order valence-electron chi connectivity index (χ4n) is 3.05. The van der Waals surface area contributed by atoms with Crippen LogP contribution in [0, 0.1) is 11.7 Å². The molecule has 1 aliphatic carbocycles. The first-order valence-electron chi connectivity index (χ1n) is 7.97. The first-order chi connectivity index (χ1) is 10.2. The van der Waals surface area contributed by atoms with Crippen LogP contribution in [0.25, 0.3) is 0 Å². The van der Waals surface area contributed by atoms with Gasteiger partial charge in [0, 0.05) is 24.6 Å². The van der Waals surface area contributed by atoms with Crippen molar-refractivity contribution in [2.45, 2.75) is 44.7 Å². The van der Waals surface area contributed by atoms with Crippen molar-refractivity contribution in [2.75, 3.05) is 13.1 Å². The minimum atomic E-state index is -0.212. The predicted molar refractivity (Wildman–Crippen MR) is 80.2 cm³/mol.